The molecular formula is C20H19N8O6S3+. The molecule has 6 N–H and O–H groups in total. The van der Waals surface area contributed by atoms with Crippen LogP contribution in [0.25, 0.3) is 4.83 Å². The van der Waals surface area contributed by atoms with Crippen molar-refractivity contribution in [2.45, 2.75) is 18.0 Å². The zero-order valence-corrected chi connectivity index (χ0v) is 21.2. The fourth-order valence-electron chi connectivity index (χ4n) is 3.91. The molecule has 37 heavy (non-hydrogen) atoms. The van der Waals surface area contributed by atoms with E-state index in [0.717, 1.165) is 16.2 Å². The smallest absolute Gasteiger partial charge is 0.352 e. The van der Waals surface area contributed by atoms with E-state index < -0.39 is 41.7 Å². The first-order valence-corrected chi connectivity index (χ1v) is 13.4. The second-order valence-corrected chi connectivity index (χ2v) is 10.9. The van der Waals surface area contributed by atoms with Crippen molar-refractivity contribution >= 4 is 73.8 Å². The second-order valence-electron chi connectivity index (χ2n) is 7.93. The molecule has 2 aliphatic heterocycles. The molecule has 0 spiro atoms. The molecule has 17 heteroatoms. The minimum Gasteiger partial charge on any atom is -0.477 e. The average molecular weight is 564 g/mol. The number of β-lactam (4-membered cyclic amide) rings is 1. The topological polar surface area (TPSA) is 199 Å². The Morgan fingerprint density at radius 1 is 1.35 bits per heavy atom. The lowest BCUT2D eigenvalue weighted by Crippen LogP contribution is -2.71. The highest BCUT2D eigenvalue weighted by molar-refractivity contribution is 8.00. The van der Waals surface area contributed by atoms with Crippen LogP contribution in [0.2, 0.25) is 0 Å². The lowest BCUT2D eigenvalue weighted by atomic mass is 10.0. The number of hydrogen-bond acceptors (Lipinski definition) is 11. The van der Waals surface area contributed by atoms with Crippen molar-refractivity contribution in [2.24, 2.45) is 10.9 Å². The number of anilines is 1. The molecule has 5 heterocycles. The molecule has 14 nitrogen and oxygen atoms in total. The summed E-state index contributed by atoms with van der Waals surface area (Å²) in [7, 11) is 0. The van der Waals surface area contributed by atoms with Crippen molar-refractivity contribution in [3.63, 3.8) is 0 Å². The minimum atomic E-state index is -1.22. The van der Waals surface area contributed by atoms with E-state index in [2.05, 4.69) is 15.5 Å². The highest BCUT2D eigenvalue weighted by Gasteiger charge is 2.54. The van der Waals surface area contributed by atoms with Crippen LogP contribution in [0.5, 0.6) is 0 Å². The molecule has 0 aromatic carbocycles. The van der Waals surface area contributed by atoms with Crippen LogP contribution in [0.15, 0.2) is 45.9 Å². The fourth-order valence-corrected chi connectivity index (χ4v) is 6.55. The van der Waals surface area contributed by atoms with Gasteiger partial charge in [-0.15, -0.1) is 23.1 Å². The van der Waals surface area contributed by atoms with E-state index in [1.165, 1.54) is 22.0 Å². The number of oxime groups is 1. The van der Waals surface area contributed by atoms with Gasteiger partial charge in [0.15, 0.2) is 17.5 Å². The number of carbonyl (C=O) groups is 4. The summed E-state index contributed by atoms with van der Waals surface area (Å²) in [5.74, 6) is -3.04. The Kier molecular flexibility index (Phi) is 6.57. The number of aromatic nitrogens is 3. The molecule has 0 radical (unpaired) electrons. The number of carboxylic acid groups (broad SMARTS) is 1. The first-order chi connectivity index (χ1) is 17.7. The maximum absolute atomic E-state index is 13.0. The van der Waals surface area contributed by atoms with Gasteiger partial charge in [0.1, 0.15) is 41.7 Å². The first-order valence-electron chi connectivity index (χ1n) is 10.6. The van der Waals surface area contributed by atoms with Crippen LogP contribution < -0.4 is 21.4 Å². The summed E-state index contributed by atoms with van der Waals surface area (Å²) in [6.07, 6.45) is 5.65. The standard InChI is InChI=1S/C20H18N8O6S3/c21-11(29)5-34-25-13(10-7-37-20(22)23-10)16(30)24-14-17(31)28-15(19(32)33)9(6-36-18(14)28)3-26-4-12-27(8-26)1-2-35-12/h1-2,4,7-8,14,18H,3,5-6H2,(H5-,21,22,23,24,29,30,32,33)/p+1/b25-13-/t14-,18-/m1/s1. The number of imidazole rings is 1. The Bertz CT molecular complexity index is 1460. The highest BCUT2D eigenvalue weighted by atomic mass is 32.2. The monoisotopic (exact) mass is 563 g/mol. The number of thiazole rings is 2. The van der Waals surface area contributed by atoms with Gasteiger partial charge >= 0.3 is 5.97 Å². The largest absolute Gasteiger partial charge is 0.477 e. The summed E-state index contributed by atoms with van der Waals surface area (Å²) in [4.78, 5) is 60.2. The summed E-state index contributed by atoms with van der Waals surface area (Å²) >= 11 is 3.95. The minimum absolute atomic E-state index is 0.0855. The van der Waals surface area contributed by atoms with Gasteiger partial charge in [-0.25, -0.2) is 14.3 Å². The number of primary amides is 1. The predicted octanol–water partition coefficient (Wildman–Crippen LogP) is -1.03. The molecule has 192 valence electrons. The predicted molar refractivity (Wildman–Crippen MR) is 133 cm³/mol. The summed E-state index contributed by atoms with van der Waals surface area (Å²) in [5, 5.41) is 19.1. The van der Waals surface area contributed by atoms with Gasteiger partial charge < -0.3 is 26.7 Å². The third-order valence-corrected chi connectivity index (χ3v) is 8.29. The molecule has 1 saturated heterocycles. The number of hydrogen-bond donors (Lipinski definition) is 4. The summed E-state index contributed by atoms with van der Waals surface area (Å²) in [6, 6.07) is -1.00. The lowest BCUT2D eigenvalue weighted by Gasteiger charge is -2.49. The Labute approximate surface area is 220 Å². The zero-order chi connectivity index (χ0) is 26.3. The van der Waals surface area contributed by atoms with E-state index in [1.807, 2.05) is 33.1 Å². The number of fused-ring (bicyclic) bond motifs is 2. The van der Waals surface area contributed by atoms with Crippen LogP contribution in [0.3, 0.4) is 0 Å². The van der Waals surface area contributed by atoms with Gasteiger partial charge in [-0.05, 0) is 0 Å². The van der Waals surface area contributed by atoms with Crippen molar-refractivity contribution in [3.05, 3.63) is 46.4 Å². The Hall–Kier alpha value is -3.96. The molecule has 2 atom stereocenters. The molecule has 5 rings (SSSR count). The molecule has 0 unspecified atom stereocenters. The lowest BCUT2D eigenvalue weighted by molar-refractivity contribution is -0.687. The quantitative estimate of drug-likeness (QED) is 0.109. The Balaban J connectivity index is 1.34. The molecular weight excluding hydrogens is 544 g/mol. The number of carbonyl (C=O) groups excluding carboxylic acids is 3. The van der Waals surface area contributed by atoms with Gasteiger partial charge in [0.25, 0.3) is 17.7 Å². The molecule has 3 aromatic heterocycles. The van der Waals surface area contributed by atoms with Gasteiger partial charge in [-0.2, -0.15) is 4.40 Å². The van der Waals surface area contributed by atoms with Gasteiger partial charge in [-0.3, -0.25) is 19.3 Å². The van der Waals surface area contributed by atoms with Crippen LogP contribution >= 0.6 is 34.4 Å². The number of aliphatic carboxylic acids is 1. The summed E-state index contributed by atoms with van der Waals surface area (Å²) < 4.78 is 3.79. The van der Waals surface area contributed by atoms with E-state index in [9.17, 15) is 24.3 Å². The summed E-state index contributed by atoms with van der Waals surface area (Å²) in [5.41, 5.74) is 11.0. The van der Waals surface area contributed by atoms with Crippen molar-refractivity contribution in [2.75, 3.05) is 18.1 Å². The van der Waals surface area contributed by atoms with E-state index in [0.29, 0.717) is 17.9 Å². The number of thioether (sulfide) groups is 1. The third-order valence-electron chi connectivity index (χ3n) is 5.47. The van der Waals surface area contributed by atoms with Crippen LogP contribution in [-0.4, -0.2) is 72.6 Å². The van der Waals surface area contributed by atoms with Gasteiger partial charge in [-0.1, -0.05) is 16.5 Å². The highest BCUT2D eigenvalue weighted by Crippen LogP contribution is 2.40. The van der Waals surface area contributed by atoms with Crippen molar-refractivity contribution < 1.29 is 33.7 Å². The molecule has 3 aromatic rings. The maximum Gasteiger partial charge on any atom is 0.352 e. The maximum atomic E-state index is 13.0. The number of rotatable bonds is 9. The van der Waals surface area contributed by atoms with E-state index in [1.54, 1.807) is 11.3 Å². The Morgan fingerprint density at radius 2 is 2.16 bits per heavy atom. The van der Waals surface area contributed by atoms with E-state index in [4.69, 9.17) is 16.3 Å². The number of nitrogens with one attached hydrogen (secondary N) is 1. The van der Waals surface area contributed by atoms with Gasteiger partial charge in [0.2, 0.25) is 11.2 Å². The summed E-state index contributed by atoms with van der Waals surface area (Å²) in [6.45, 7) is -0.270. The average Bonchev–Trinajstić information content (AvgIpc) is 3.56. The number of carboxylic acids is 1. The number of nitrogens with zero attached hydrogens (tertiary/aromatic N) is 5. The van der Waals surface area contributed by atoms with E-state index >= 15 is 0 Å². The zero-order valence-electron chi connectivity index (χ0n) is 18.8. The molecule has 0 bridgehead atoms. The van der Waals surface area contributed by atoms with Crippen molar-refractivity contribution in [3.8, 4) is 0 Å². The van der Waals surface area contributed by atoms with Crippen LogP contribution in [0, 0.1) is 0 Å². The van der Waals surface area contributed by atoms with Crippen LogP contribution in [0.1, 0.15) is 5.69 Å². The molecule has 3 amide bonds. The van der Waals surface area contributed by atoms with Crippen molar-refractivity contribution in [1.29, 1.82) is 0 Å². The molecule has 2 aliphatic rings. The van der Waals surface area contributed by atoms with Gasteiger partial charge in [0, 0.05) is 22.1 Å². The van der Waals surface area contributed by atoms with Crippen molar-refractivity contribution in [1.82, 2.24) is 19.6 Å². The molecule has 0 saturated carbocycles. The van der Waals surface area contributed by atoms with E-state index in [-0.39, 0.29) is 22.2 Å². The Morgan fingerprint density at radius 3 is 2.84 bits per heavy atom. The normalized spacial score (nSPS) is 19.5. The van der Waals surface area contributed by atoms with Gasteiger partial charge in [0.05, 0.1) is 0 Å². The van der Waals surface area contributed by atoms with Crippen LogP contribution in [-0.2, 0) is 30.6 Å². The SMILES string of the molecule is NC(=O)CO/N=C(\C(=O)N[C@@H]1C(=O)N2C(C(=O)O)=C(C[n+]3cc4sccn4c3)CS[C@H]12)c1csc(N)n1. The first kappa shape index (κ1) is 24.7. The number of nitrogen functional groups attached to an aromatic ring is 1. The number of nitrogens with two attached hydrogens (primary N) is 2. The molecule has 1 fully saturated rings. The second kappa shape index (κ2) is 9.83. The van der Waals surface area contributed by atoms with Crippen LogP contribution in [0.4, 0.5) is 5.13 Å². The third kappa shape index (κ3) is 4.75. The molecule has 0 aliphatic carbocycles. The fraction of sp³-hybridized carbons (Fsp3) is 0.250. The number of amides is 3.